The molecule has 1 aliphatic heterocycles. The van der Waals surface area contributed by atoms with Crippen LogP contribution >= 0.6 is 0 Å². The van der Waals surface area contributed by atoms with E-state index in [2.05, 4.69) is 20.2 Å². The van der Waals surface area contributed by atoms with E-state index >= 15 is 0 Å². The number of anilines is 2. The Morgan fingerprint density at radius 3 is 2.83 bits per heavy atom. The Labute approximate surface area is 140 Å². The topological polar surface area (TPSA) is 81.5 Å². The van der Waals surface area contributed by atoms with Crippen molar-refractivity contribution in [2.24, 2.45) is 0 Å². The Balaban J connectivity index is 1.63. The molecule has 0 bridgehead atoms. The minimum atomic E-state index is -0.763. The molecular formula is C17H21FN4O2. The molecule has 0 aliphatic carbocycles. The molecule has 1 aliphatic rings. The number of halogens is 1. The molecule has 1 fully saturated rings. The third-order valence-corrected chi connectivity index (χ3v) is 4.27. The van der Waals surface area contributed by atoms with Crippen molar-refractivity contribution in [1.82, 2.24) is 9.97 Å². The van der Waals surface area contributed by atoms with Crippen molar-refractivity contribution in [3.05, 3.63) is 48.0 Å². The van der Waals surface area contributed by atoms with Crippen molar-refractivity contribution in [3.8, 4) is 0 Å². The van der Waals surface area contributed by atoms with E-state index in [1.807, 2.05) is 6.07 Å². The summed E-state index contributed by atoms with van der Waals surface area (Å²) in [5.74, 6) is 1.04. The summed E-state index contributed by atoms with van der Waals surface area (Å²) in [6, 6.07) is 7.67. The van der Waals surface area contributed by atoms with Crippen LogP contribution in [0.2, 0.25) is 0 Å². The van der Waals surface area contributed by atoms with Gasteiger partial charge in [-0.25, -0.2) is 14.4 Å². The lowest BCUT2D eigenvalue weighted by atomic mass is 10.1. The van der Waals surface area contributed by atoms with Crippen LogP contribution in [-0.2, 0) is 0 Å². The van der Waals surface area contributed by atoms with Crippen molar-refractivity contribution in [2.75, 3.05) is 29.9 Å². The number of aliphatic hydroxyl groups excluding tert-OH is 2. The van der Waals surface area contributed by atoms with Crippen LogP contribution in [0.1, 0.15) is 24.5 Å². The summed E-state index contributed by atoms with van der Waals surface area (Å²) >= 11 is 0. The molecule has 1 saturated heterocycles. The highest BCUT2D eigenvalue weighted by atomic mass is 19.1. The number of nitrogens with zero attached hydrogens (tertiary/aromatic N) is 3. The number of aliphatic hydroxyl groups is 2. The van der Waals surface area contributed by atoms with Gasteiger partial charge in [-0.1, -0.05) is 12.1 Å². The molecular weight excluding hydrogens is 311 g/mol. The van der Waals surface area contributed by atoms with Gasteiger partial charge in [0.2, 0.25) is 0 Å². The van der Waals surface area contributed by atoms with Gasteiger partial charge in [-0.3, -0.25) is 0 Å². The molecule has 7 heteroatoms. The first-order chi connectivity index (χ1) is 11.7. The number of benzene rings is 1. The highest BCUT2D eigenvalue weighted by Crippen LogP contribution is 2.24. The van der Waals surface area contributed by atoms with E-state index in [1.165, 1.54) is 18.5 Å². The lowest BCUT2D eigenvalue weighted by Gasteiger charge is -2.24. The van der Waals surface area contributed by atoms with E-state index in [0.29, 0.717) is 11.4 Å². The average molecular weight is 332 g/mol. The molecule has 128 valence electrons. The number of hydrogen-bond acceptors (Lipinski definition) is 6. The first kappa shape index (κ1) is 16.6. The lowest BCUT2D eigenvalue weighted by molar-refractivity contribution is 0.191. The molecule has 6 nitrogen and oxygen atoms in total. The normalized spacial score (nSPS) is 18.6. The van der Waals surface area contributed by atoms with Gasteiger partial charge in [0.1, 0.15) is 23.8 Å². The predicted octanol–water partition coefficient (Wildman–Crippen LogP) is 1.72. The van der Waals surface area contributed by atoms with Crippen molar-refractivity contribution in [2.45, 2.75) is 25.0 Å². The van der Waals surface area contributed by atoms with Crippen LogP contribution < -0.4 is 10.2 Å². The number of aromatic nitrogens is 2. The van der Waals surface area contributed by atoms with Crippen LogP contribution in [0.5, 0.6) is 0 Å². The maximum absolute atomic E-state index is 12.9. The van der Waals surface area contributed by atoms with Crippen molar-refractivity contribution >= 4 is 11.6 Å². The van der Waals surface area contributed by atoms with Gasteiger partial charge in [-0.15, -0.1) is 0 Å². The zero-order valence-electron chi connectivity index (χ0n) is 13.3. The van der Waals surface area contributed by atoms with Crippen LogP contribution in [-0.4, -0.2) is 45.9 Å². The van der Waals surface area contributed by atoms with Crippen molar-refractivity contribution in [3.63, 3.8) is 0 Å². The standard InChI is InChI=1S/C17H21FN4O2/c18-13-5-3-12(4-6-13)15(24)9-19-16-8-17(21-11-20-16)22-7-1-2-14(22)10-23/h3-6,8,11,14-15,23-24H,1-2,7,9-10H2,(H,19,20,21). The molecule has 2 atom stereocenters. The van der Waals surface area contributed by atoms with Gasteiger partial charge in [0.25, 0.3) is 0 Å². The third-order valence-electron chi connectivity index (χ3n) is 4.27. The Kier molecular flexibility index (Phi) is 5.22. The fourth-order valence-electron chi connectivity index (χ4n) is 2.93. The van der Waals surface area contributed by atoms with E-state index in [0.717, 1.165) is 25.2 Å². The quantitative estimate of drug-likeness (QED) is 0.747. The molecule has 0 saturated carbocycles. The zero-order valence-corrected chi connectivity index (χ0v) is 13.3. The van der Waals surface area contributed by atoms with Crippen molar-refractivity contribution in [1.29, 1.82) is 0 Å². The minimum absolute atomic E-state index is 0.0950. The number of hydrogen-bond donors (Lipinski definition) is 3. The van der Waals surface area contributed by atoms with E-state index in [1.54, 1.807) is 12.1 Å². The zero-order chi connectivity index (χ0) is 16.9. The summed E-state index contributed by atoms with van der Waals surface area (Å²) in [6.07, 6.45) is 2.68. The van der Waals surface area contributed by atoms with Crippen LogP contribution in [0.3, 0.4) is 0 Å². The SMILES string of the molecule is OCC1CCCN1c1cc(NCC(O)c2ccc(F)cc2)ncn1. The second kappa shape index (κ2) is 7.55. The third kappa shape index (κ3) is 3.80. The second-order valence-electron chi connectivity index (χ2n) is 5.88. The van der Waals surface area contributed by atoms with Crippen LogP contribution in [0, 0.1) is 5.82 Å². The smallest absolute Gasteiger partial charge is 0.134 e. The van der Waals surface area contributed by atoms with Gasteiger partial charge in [-0.05, 0) is 30.5 Å². The maximum Gasteiger partial charge on any atom is 0.134 e. The fourth-order valence-corrected chi connectivity index (χ4v) is 2.93. The Morgan fingerprint density at radius 1 is 1.29 bits per heavy atom. The number of rotatable bonds is 6. The Hall–Kier alpha value is -2.25. The van der Waals surface area contributed by atoms with E-state index in [4.69, 9.17) is 0 Å². The van der Waals surface area contributed by atoms with Gasteiger partial charge in [-0.2, -0.15) is 0 Å². The summed E-state index contributed by atoms with van der Waals surface area (Å²) < 4.78 is 12.9. The molecule has 2 aromatic rings. The maximum atomic E-state index is 12.9. The summed E-state index contributed by atoms with van der Waals surface area (Å²) in [4.78, 5) is 10.5. The van der Waals surface area contributed by atoms with Gasteiger partial charge < -0.3 is 20.4 Å². The molecule has 0 amide bonds. The van der Waals surface area contributed by atoms with Gasteiger partial charge in [0.15, 0.2) is 0 Å². The highest BCUT2D eigenvalue weighted by molar-refractivity contribution is 5.50. The molecule has 2 heterocycles. The largest absolute Gasteiger partial charge is 0.394 e. The molecule has 2 unspecified atom stereocenters. The second-order valence-corrected chi connectivity index (χ2v) is 5.88. The predicted molar refractivity (Wildman–Crippen MR) is 89.3 cm³/mol. The van der Waals surface area contributed by atoms with Crippen molar-refractivity contribution < 1.29 is 14.6 Å². The van der Waals surface area contributed by atoms with Crippen LogP contribution in [0.4, 0.5) is 16.0 Å². The Morgan fingerprint density at radius 2 is 2.08 bits per heavy atom. The highest BCUT2D eigenvalue weighted by Gasteiger charge is 2.25. The van der Waals surface area contributed by atoms with E-state index in [9.17, 15) is 14.6 Å². The molecule has 3 N–H and O–H groups in total. The van der Waals surface area contributed by atoms with Crippen LogP contribution in [0.15, 0.2) is 36.7 Å². The monoisotopic (exact) mass is 332 g/mol. The molecule has 0 radical (unpaired) electrons. The summed E-state index contributed by atoms with van der Waals surface area (Å²) in [5.41, 5.74) is 0.637. The lowest BCUT2D eigenvalue weighted by Crippen LogP contribution is -2.32. The van der Waals surface area contributed by atoms with E-state index < -0.39 is 6.10 Å². The minimum Gasteiger partial charge on any atom is -0.394 e. The van der Waals surface area contributed by atoms with Gasteiger partial charge >= 0.3 is 0 Å². The first-order valence-corrected chi connectivity index (χ1v) is 8.04. The molecule has 24 heavy (non-hydrogen) atoms. The molecule has 1 aromatic heterocycles. The fraction of sp³-hybridized carbons (Fsp3) is 0.412. The summed E-state index contributed by atoms with van der Waals surface area (Å²) in [6.45, 7) is 1.22. The molecule has 0 spiro atoms. The average Bonchev–Trinajstić information content (AvgIpc) is 3.09. The van der Waals surface area contributed by atoms with E-state index in [-0.39, 0.29) is 25.0 Å². The summed E-state index contributed by atoms with van der Waals surface area (Å²) in [5, 5.41) is 22.7. The van der Waals surface area contributed by atoms with Gasteiger partial charge in [0, 0.05) is 19.2 Å². The molecule has 3 rings (SSSR count). The first-order valence-electron chi connectivity index (χ1n) is 8.04. The molecule has 1 aromatic carbocycles. The summed E-state index contributed by atoms with van der Waals surface area (Å²) in [7, 11) is 0. The van der Waals surface area contributed by atoms with Crippen LogP contribution in [0.25, 0.3) is 0 Å². The number of nitrogens with one attached hydrogen (secondary N) is 1. The van der Waals surface area contributed by atoms with Gasteiger partial charge in [0.05, 0.1) is 18.8 Å². The Bertz CT molecular complexity index is 668.